The maximum Gasteiger partial charge on any atom is 0.234 e. The molecule has 0 aromatic carbocycles. The van der Waals surface area contributed by atoms with Crippen molar-refractivity contribution in [3.05, 3.63) is 0 Å². The Kier molecular flexibility index (Phi) is 6.47. The summed E-state index contributed by atoms with van der Waals surface area (Å²) in [5.74, 6) is 0.277. The number of carbonyl (C=O) groups excluding carboxylic acids is 1. The van der Waals surface area contributed by atoms with E-state index in [1.807, 2.05) is 0 Å². The fourth-order valence-corrected chi connectivity index (χ4v) is 1.86. The van der Waals surface area contributed by atoms with Crippen LogP contribution < -0.4 is 11.1 Å². The lowest BCUT2D eigenvalue weighted by atomic mass is 10.1. The van der Waals surface area contributed by atoms with Crippen molar-refractivity contribution >= 4 is 5.91 Å². The number of carbonyl (C=O) groups is 1. The number of hydrogen-bond acceptors (Lipinski definition) is 4. The zero-order valence-electron chi connectivity index (χ0n) is 10.9. The molecule has 1 rings (SSSR count). The summed E-state index contributed by atoms with van der Waals surface area (Å²) in [5, 5.41) is 3.23. The van der Waals surface area contributed by atoms with Crippen molar-refractivity contribution in [3.63, 3.8) is 0 Å². The van der Waals surface area contributed by atoms with Gasteiger partial charge in [0.15, 0.2) is 0 Å². The second kappa shape index (κ2) is 7.63. The van der Waals surface area contributed by atoms with Gasteiger partial charge in [-0.1, -0.05) is 13.8 Å². The zero-order chi connectivity index (χ0) is 12.7. The Bertz CT molecular complexity index is 228. The van der Waals surface area contributed by atoms with E-state index in [9.17, 15) is 4.79 Å². The molecule has 0 aromatic rings. The second-order valence-electron chi connectivity index (χ2n) is 5.00. The molecule has 5 heteroatoms. The maximum atomic E-state index is 11.3. The van der Waals surface area contributed by atoms with E-state index < -0.39 is 0 Å². The number of amides is 1. The van der Waals surface area contributed by atoms with E-state index in [-0.39, 0.29) is 11.9 Å². The first-order chi connectivity index (χ1) is 8.09. The zero-order valence-corrected chi connectivity index (χ0v) is 10.9. The predicted molar refractivity (Wildman–Crippen MR) is 67.7 cm³/mol. The number of morpholine rings is 1. The van der Waals surface area contributed by atoms with Crippen LogP contribution >= 0.6 is 0 Å². The van der Waals surface area contributed by atoms with Crippen LogP contribution in [0.3, 0.4) is 0 Å². The summed E-state index contributed by atoms with van der Waals surface area (Å²) >= 11 is 0. The van der Waals surface area contributed by atoms with Gasteiger partial charge in [0.1, 0.15) is 0 Å². The molecule has 0 spiro atoms. The smallest absolute Gasteiger partial charge is 0.234 e. The predicted octanol–water partition coefficient (Wildman–Crippen LogP) is -0.192. The molecule has 5 nitrogen and oxygen atoms in total. The second-order valence-corrected chi connectivity index (χ2v) is 5.00. The first kappa shape index (κ1) is 14.4. The first-order valence-corrected chi connectivity index (χ1v) is 6.42. The molecule has 0 aliphatic carbocycles. The van der Waals surface area contributed by atoms with Gasteiger partial charge in [0.2, 0.25) is 5.91 Å². The normalized spacial score (nSPS) is 19.5. The Hall–Kier alpha value is -0.650. The van der Waals surface area contributed by atoms with Gasteiger partial charge in [0.05, 0.1) is 19.3 Å². The molecule has 1 amide bonds. The van der Waals surface area contributed by atoms with Crippen molar-refractivity contribution in [1.29, 1.82) is 0 Å². The minimum Gasteiger partial charge on any atom is -0.379 e. The lowest BCUT2D eigenvalue weighted by Crippen LogP contribution is -2.46. The van der Waals surface area contributed by atoms with Crippen LogP contribution in [-0.4, -0.2) is 56.2 Å². The Balaban J connectivity index is 2.25. The number of nitrogens with zero attached hydrogens (tertiary/aromatic N) is 1. The SMILES string of the molecule is CC(C)CNC(CCN1CCOCC1)C(N)=O. The Morgan fingerprint density at radius 2 is 2.06 bits per heavy atom. The fraction of sp³-hybridized carbons (Fsp3) is 0.917. The summed E-state index contributed by atoms with van der Waals surface area (Å²) in [6, 6.07) is -0.208. The molecule has 1 aliphatic heterocycles. The van der Waals surface area contributed by atoms with E-state index in [0.717, 1.165) is 45.8 Å². The van der Waals surface area contributed by atoms with E-state index in [2.05, 4.69) is 24.1 Å². The molecule has 100 valence electrons. The van der Waals surface area contributed by atoms with Crippen molar-refractivity contribution < 1.29 is 9.53 Å². The third-order valence-electron chi connectivity index (χ3n) is 2.95. The van der Waals surface area contributed by atoms with Crippen LogP contribution in [0.5, 0.6) is 0 Å². The summed E-state index contributed by atoms with van der Waals surface area (Å²) in [6.45, 7) is 9.46. The number of nitrogens with one attached hydrogen (secondary N) is 1. The van der Waals surface area contributed by atoms with E-state index in [1.54, 1.807) is 0 Å². The Labute approximate surface area is 104 Å². The summed E-state index contributed by atoms with van der Waals surface area (Å²) in [7, 11) is 0. The van der Waals surface area contributed by atoms with Gasteiger partial charge in [-0.25, -0.2) is 0 Å². The highest BCUT2D eigenvalue weighted by molar-refractivity contribution is 5.79. The topological polar surface area (TPSA) is 67.6 Å². The molecule has 0 bridgehead atoms. The molecular weight excluding hydrogens is 218 g/mol. The number of hydrogen-bond donors (Lipinski definition) is 2. The van der Waals surface area contributed by atoms with Crippen molar-refractivity contribution in [2.45, 2.75) is 26.3 Å². The molecule has 3 N–H and O–H groups in total. The quantitative estimate of drug-likeness (QED) is 0.650. The summed E-state index contributed by atoms with van der Waals surface area (Å²) in [4.78, 5) is 13.6. The van der Waals surface area contributed by atoms with Crippen LogP contribution in [0.25, 0.3) is 0 Å². The molecule has 17 heavy (non-hydrogen) atoms. The molecule has 1 aliphatic rings. The third kappa shape index (κ3) is 6.00. The summed E-state index contributed by atoms with van der Waals surface area (Å²) < 4.78 is 5.28. The third-order valence-corrected chi connectivity index (χ3v) is 2.95. The summed E-state index contributed by atoms with van der Waals surface area (Å²) in [5.41, 5.74) is 5.39. The van der Waals surface area contributed by atoms with E-state index >= 15 is 0 Å². The monoisotopic (exact) mass is 243 g/mol. The average Bonchev–Trinajstić information content (AvgIpc) is 2.29. The standard InChI is InChI=1S/C12H25N3O2/c1-10(2)9-14-11(12(13)16)3-4-15-5-7-17-8-6-15/h10-11,14H,3-9H2,1-2H3,(H2,13,16). The van der Waals surface area contributed by atoms with Gasteiger partial charge in [-0.2, -0.15) is 0 Å². The fourth-order valence-electron chi connectivity index (χ4n) is 1.86. The number of ether oxygens (including phenoxy) is 1. The number of rotatable bonds is 7. The van der Waals surface area contributed by atoms with Crippen LogP contribution in [-0.2, 0) is 9.53 Å². The van der Waals surface area contributed by atoms with Crippen molar-refractivity contribution in [2.24, 2.45) is 11.7 Å². The van der Waals surface area contributed by atoms with Crippen molar-refractivity contribution in [3.8, 4) is 0 Å². The lowest BCUT2D eigenvalue weighted by Gasteiger charge is -2.28. The maximum absolute atomic E-state index is 11.3. The van der Waals surface area contributed by atoms with E-state index in [0.29, 0.717) is 5.92 Å². The lowest BCUT2D eigenvalue weighted by molar-refractivity contribution is -0.120. The van der Waals surface area contributed by atoms with Gasteiger partial charge in [-0.15, -0.1) is 0 Å². The molecule has 1 atom stereocenters. The van der Waals surface area contributed by atoms with Gasteiger partial charge in [-0.05, 0) is 18.9 Å². The largest absolute Gasteiger partial charge is 0.379 e. The molecule has 1 unspecified atom stereocenters. The van der Waals surface area contributed by atoms with Crippen molar-refractivity contribution in [2.75, 3.05) is 39.4 Å². The van der Waals surface area contributed by atoms with E-state index in [1.165, 1.54) is 0 Å². The van der Waals surface area contributed by atoms with E-state index in [4.69, 9.17) is 10.5 Å². The average molecular weight is 243 g/mol. The molecule has 0 radical (unpaired) electrons. The van der Waals surface area contributed by atoms with Crippen LogP contribution in [0, 0.1) is 5.92 Å². The summed E-state index contributed by atoms with van der Waals surface area (Å²) in [6.07, 6.45) is 0.780. The molecule has 1 heterocycles. The van der Waals surface area contributed by atoms with Gasteiger partial charge in [0, 0.05) is 19.6 Å². The highest BCUT2D eigenvalue weighted by Gasteiger charge is 2.17. The van der Waals surface area contributed by atoms with Gasteiger partial charge in [0.25, 0.3) is 0 Å². The number of primary amides is 1. The Morgan fingerprint density at radius 1 is 1.41 bits per heavy atom. The van der Waals surface area contributed by atoms with Gasteiger partial charge < -0.3 is 15.8 Å². The molecule has 1 fully saturated rings. The van der Waals surface area contributed by atoms with Crippen LogP contribution in [0.15, 0.2) is 0 Å². The van der Waals surface area contributed by atoms with Crippen molar-refractivity contribution in [1.82, 2.24) is 10.2 Å². The molecule has 0 saturated carbocycles. The van der Waals surface area contributed by atoms with Crippen LogP contribution in [0.1, 0.15) is 20.3 Å². The molecular formula is C12H25N3O2. The highest BCUT2D eigenvalue weighted by atomic mass is 16.5. The van der Waals surface area contributed by atoms with Crippen LogP contribution in [0.2, 0.25) is 0 Å². The first-order valence-electron chi connectivity index (χ1n) is 6.42. The number of nitrogens with two attached hydrogens (primary N) is 1. The van der Waals surface area contributed by atoms with Gasteiger partial charge >= 0.3 is 0 Å². The minimum absolute atomic E-state index is 0.208. The Morgan fingerprint density at radius 3 is 2.59 bits per heavy atom. The highest BCUT2D eigenvalue weighted by Crippen LogP contribution is 2.01. The van der Waals surface area contributed by atoms with Crippen LogP contribution in [0.4, 0.5) is 0 Å². The molecule has 0 aromatic heterocycles. The van der Waals surface area contributed by atoms with Gasteiger partial charge in [-0.3, -0.25) is 9.69 Å². The minimum atomic E-state index is -0.251. The molecule has 1 saturated heterocycles.